The van der Waals surface area contributed by atoms with Gasteiger partial charge in [-0.1, -0.05) is 6.08 Å². The number of rotatable bonds is 5. The quantitative estimate of drug-likeness (QED) is 0.476. The molecule has 1 nitrogen and oxygen atoms in total. The van der Waals surface area contributed by atoms with Gasteiger partial charge in [-0.2, -0.15) is 0 Å². The molecule has 0 aromatic heterocycles. The fraction of sp³-hybridized carbons (Fsp3) is 0.800. The maximum Gasteiger partial charge on any atom is 0.0579 e. The Hall–Kier alpha value is -0.0100. The first-order valence-corrected chi connectivity index (χ1v) is 5.18. The second kappa shape index (κ2) is 5.60. The van der Waals surface area contributed by atoms with Gasteiger partial charge in [-0.05, 0) is 31.6 Å². The van der Waals surface area contributed by atoms with Crippen molar-refractivity contribution in [3.05, 3.63) is 12.7 Å². The monoisotopic (exact) mass is 188 g/mol. The molecule has 12 heavy (non-hydrogen) atoms. The van der Waals surface area contributed by atoms with E-state index < -0.39 is 0 Å². The van der Waals surface area contributed by atoms with Crippen molar-refractivity contribution in [2.24, 2.45) is 5.92 Å². The molecule has 0 bridgehead atoms. The standard InChI is InChI=1S/C10H17ClO/c1-2-4-9(8-11)7-10-5-3-6-12-10/h2,9-10H,1,3-8H2. The Balaban J connectivity index is 2.20. The van der Waals surface area contributed by atoms with Crippen LogP contribution in [-0.4, -0.2) is 18.6 Å². The summed E-state index contributed by atoms with van der Waals surface area (Å²) in [7, 11) is 0. The van der Waals surface area contributed by atoms with E-state index in [0.29, 0.717) is 12.0 Å². The number of halogens is 1. The third kappa shape index (κ3) is 3.16. The van der Waals surface area contributed by atoms with Crippen molar-refractivity contribution in [3.8, 4) is 0 Å². The molecule has 1 saturated heterocycles. The molecule has 0 spiro atoms. The van der Waals surface area contributed by atoms with Gasteiger partial charge in [-0.15, -0.1) is 18.2 Å². The van der Waals surface area contributed by atoms with Gasteiger partial charge < -0.3 is 4.74 Å². The summed E-state index contributed by atoms with van der Waals surface area (Å²) in [5.41, 5.74) is 0. The molecule has 1 aliphatic heterocycles. The summed E-state index contributed by atoms with van der Waals surface area (Å²) in [6, 6.07) is 0. The molecule has 0 aromatic rings. The third-order valence-electron chi connectivity index (χ3n) is 2.34. The molecule has 2 heteroatoms. The van der Waals surface area contributed by atoms with Gasteiger partial charge in [0.1, 0.15) is 0 Å². The minimum Gasteiger partial charge on any atom is -0.378 e. The molecule has 1 fully saturated rings. The van der Waals surface area contributed by atoms with Crippen LogP contribution in [0.25, 0.3) is 0 Å². The van der Waals surface area contributed by atoms with E-state index >= 15 is 0 Å². The average Bonchev–Trinajstić information content (AvgIpc) is 2.56. The van der Waals surface area contributed by atoms with Crippen LogP contribution in [0.2, 0.25) is 0 Å². The van der Waals surface area contributed by atoms with Crippen molar-refractivity contribution in [1.82, 2.24) is 0 Å². The van der Waals surface area contributed by atoms with Crippen LogP contribution in [0.1, 0.15) is 25.7 Å². The summed E-state index contributed by atoms with van der Waals surface area (Å²) >= 11 is 5.82. The van der Waals surface area contributed by atoms with E-state index in [1.165, 1.54) is 12.8 Å². The summed E-state index contributed by atoms with van der Waals surface area (Å²) in [5.74, 6) is 1.29. The van der Waals surface area contributed by atoms with E-state index in [9.17, 15) is 0 Å². The first-order valence-electron chi connectivity index (χ1n) is 4.65. The molecule has 1 aliphatic rings. The number of ether oxygens (including phenoxy) is 1. The maximum atomic E-state index is 5.82. The van der Waals surface area contributed by atoms with E-state index in [-0.39, 0.29) is 0 Å². The highest BCUT2D eigenvalue weighted by Gasteiger charge is 2.19. The van der Waals surface area contributed by atoms with Crippen molar-refractivity contribution in [2.75, 3.05) is 12.5 Å². The van der Waals surface area contributed by atoms with Crippen LogP contribution >= 0.6 is 11.6 Å². The number of allylic oxidation sites excluding steroid dienone is 1. The van der Waals surface area contributed by atoms with Gasteiger partial charge in [0, 0.05) is 12.5 Å². The topological polar surface area (TPSA) is 9.23 Å². The zero-order chi connectivity index (χ0) is 8.81. The molecule has 0 amide bonds. The highest BCUT2D eigenvalue weighted by molar-refractivity contribution is 6.18. The Morgan fingerprint density at radius 1 is 1.67 bits per heavy atom. The second-order valence-electron chi connectivity index (χ2n) is 3.42. The van der Waals surface area contributed by atoms with Crippen LogP contribution in [0.5, 0.6) is 0 Å². The molecule has 70 valence electrons. The highest BCUT2D eigenvalue weighted by Crippen LogP contribution is 2.22. The molecule has 2 atom stereocenters. The van der Waals surface area contributed by atoms with E-state index in [4.69, 9.17) is 16.3 Å². The molecule has 0 N–H and O–H groups in total. The lowest BCUT2D eigenvalue weighted by atomic mass is 9.98. The van der Waals surface area contributed by atoms with Crippen LogP contribution in [0.4, 0.5) is 0 Å². The second-order valence-corrected chi connectivity index (χ2v) is 3.72. The minimum absolute atomic E-state index is 0.466. The fourth-order valence-electron chi connectivity index (χ4n) is 1.66. The summed E-state index contributed by atoms with van der Waals surface area (Å²) in [6.07, 6.45) is 6.97. The number of hydrogen-bond acceptors (Lipinski definition) is 1. The summed E-state index contributed by atoms with van der Waals surface area (Å²) in [6.45, 7) is 4.66. The van der Waals surface area contributed by atoms with Crippen LogP contribution in [0, 0.1) is 5.92 Å². The van der Waals surface area contributed by atoms with Crippen LogP contribution in [0.3, 0.4) is 0 Å². The lowest BCUT2D eigenvalue weighted by molar-refractivity contribution is 0.0925. The first-order chi connectivity index (χ1) is 5.86. The normalized spacial score (nSPS) is 25.6. The molecule has 0 saturated carbocycles. The molecule has 0 aromatic carbocycles. The Morgan fingerprint density at radius 2 is 2.50 bits per heavy atom. The summed E-state index contributed by atoms with van der Waals surface area (Å²) < 4.78 is 5.54. The zero-order valence-electron chi connectivity index (χ0n) is 7.47. The molecule has 0 aliphatic carbocycles. The molecular formula is C10H17ClO. The van der Waals surface area contributed by atoms with Crippen LogP contribution in [-0.2, 0) is 4.74 Å². The molecule has 1 rings (SSSR count). The lowest BCUT2D eigenvalue weighted by Gasteiger charge is -2.15. The van der Waals surface area contributed by atoms with Gasteiger partial charge in [-0.25, -0.2) is 0 Å². The molecule has 2 unspecified atom stereocenters. The van der Waals surface area contributed by atoms with E-state index in [0.717, 1.165) is 25.3 Å². The Bertz CT molecular complexity index is 130. The van der Waals surface area contributed by atoms with Gasteiger partial charge in [0.15, 0.2) is 0 Å². The smallest absolute Gasteiger partial charge is 0.0579 e. The zero-order valence-corrected chi connectivity index (χ0v) is 8.22. The Labute approximate surface area is 79.7 Å². The van der Waals surface area contributed by atoms with Crippen molar-refractivity contribution in [3.63, 3.8) is 0 Å². The van der Waals surface area contributed by atoms with Gasteiger partial charge in [-0.3, -0.25) is 0 Å². The third-order valence-corrected chi connectivity index (χ3v) is 2.77. The summed E-state index contributed by atoms with van der Waals surface area (Å²) in [4.78, 5) is 0. The minimum atomic E-state index is 0.466. The van der Waals surface area contributed by atoms with Gasteiger partial charge in [0.25, 0.3) is 0 Å². The van der Waals surface area contributed by atoms with E-state index in [1.807, 2.05) is 6.08 Å². The van der Waals surface area contributed by atoms with Crippen molar-refractivity contribution in [1.29, 1.82) is 0 Å². The first kappa shape index (κ1) is 10.1. The largest absolute Gasteiger partial charge is 0.378 e. The van der Waals surface area contributed by atoms with Crippen LogP contribution < -0.4 is 0 Å². The van der Waals surface area contributed by atoms with Crippen LogP contribution in [0.15, 0.2) is 12.7 Å². The predicted molar refractivity (Wildman–Crippen MR) is 52.6 cm³/mol. The predicted octanol–water partition coefficient (Wildman–Crippen LogP) is 2.99. The highest BCUT2D eigenvalue weighted by atomic mass is 35.5. The average molecular weight is 189 g/mol. The molecule has 1 heterocycles. The Kier molecular flexibility index (Phi) is 4.70. The van der Waals surface area contributed by atoms with Crippen molar-refractivity contribution in [2.45, 2.75) is 31.8 Å². The Morgan fingerprint density at radius 3 is 3.00 bits per heavy atom. The van der Waals surface area contributed by atoms with Crippen molar-refractivity contribution >= 4 is 11.6 Å². The summed E-state index contributed by atoms with van der Waals surface area (Å²) in [5, 5.41) is 0. The van der Waals surface area contributed by atoms with Gasteiger partial charge in [0.2, 0.25) is 0 Å². The van der Waals surface area contributed by atoms with E-state index in [2.05, 4.69) is 6.58 Å². The van der Waals surface area contributed by atoms with Gasteiger partial charge in [0.05, 0.1) is 6.10 Å². The van der Waals surface area contributed by atoms with Gasteiger partial charge >= 0.3 is 0 Å². The molecular weight excluding hydrogens is 172 g/mol. The van der Waals surface area contributed by atoms with Crippen molar-refractivity contribution < 1.29 is 4.74 Å². The number of hydrogen-bond donors (Lipinski definition) is 0. The fourth-order valence-corrected chi connectivity index (χ4v) is 1.91. The molecule has 0 radical (unpaired) electrons. The maximum absolute atomic E-state index is 5.82. The van der Waals surface area contributed by atoms with E-state index in [1.54, 1.807) is 0 Å². The lowest BCUT2D eigenvalue weighted by Crippen LogP contribution is -2.13. The number of alkyl halides is 1. The SMILES string of the molecule is C=CCC(CCl)CC1CCCO1.